The number of benzene rings is 1. The molecular formula is C26H25N7O2S. The second-order valence-corrected chi connectivity index (χ2v) is 9.70. The van der Waals surface area contributed by atoms with Crippen molar-refractivity contribution in [3.63, 3.8) is 0 Å². The number of aliphatic hydroxyl groups excluding tert-OH is 1. The minimum absolute atomic E-state index is 0.0583. The van der Waals surface area contributed by atoms with Crippen molar-refractivity contribution >= 4 is 39.0 Å². The molecule has 0 unspecified atom stereocenters. The Hall–Kier alpha value is -3.91. The van der Waals surface area contributed by atoms with Gasteiger partial charge >= 0.3 is 0 Å². The van der Waals surface area contributed by atoms with Crippen molar-refractivity contribution in [2.45, 2.75) is 32.0 Å². The molecule has 1 fully saturated rings. The highest BCUT2D eigenvalue weighted by Gasteiger charge is 2.23. The highest BCUT2D eigenvalue weighted by molar-refractivity contribution is 7.20. The van der Waals surface area contributed by atoms with Gasteiger partial charge in [0, 0.05) is 31.4 Å². The number of nitriles is 1. The predicted molar refractivity (Wildman–Crippen MR) is 138 cm³/mol. The number of likely N-dealkylation sites (tertiary alicyclic amines) is 1. The number of aliphatic hydroxyl groups is 1. The SMILES string of the molecule is N#Cc1cccc(Nc2ncnc3sc(C(=O)NC4CCN(Cc5cccc(CO)n5)CC4)cc23)c1. The van der Waals surface area contributed by atoms with Gasteiger partial charge in [-0.3, -0.25) is 14.7 Å². The van der Waals surface area contributed by atoms with E-state index in [1.165, 1.54) is 17.7 Å². The fraction of sp³-hybridized carbons (Fsp3) is 0.269. The van der Waals surface area contributed by atoms with Gasteiger partial charge in [0.15, 0.2) is 0 Å². The normalized spacial score (nSPS) is 14.4. The van der Waals surface area contributed by atoms with E-state index in [0.717, 1.165) is 54.1 Å². The Balaban J connectivity index is 1.21. The maximum atomic E-state index is 13.0. The number of piperidine rings is 1. The standard InChI is InChI=1S/C26H25N7O2S/c27-13-17-3-1-4-19(11-17)31-24-22-12-23(36-26(22)29-16-28-24)25(35)32-18-7-9-33(10-8-18)14-20-5-2-6-21(15-34)30-20/h1-6,11-12,16,18,34H,7-10,14-15H2,(H,32,35)(H,28,29,31). The Bertz CT molecular complexity index is 1420. The van der Waals surface area contributed by atoms with Crippen LogP contribution in [0.5, 0.6) is 0 Å². The number of fused-ring (bicyclic) bond motifs is 1. The van der Waals surface area contributed by atoms with E-state index in [4.69, 9.17) is 5.26 Å². The van der Waals surface area contributed by atoms with E-state index in [9.17, 15) is 9.90 Å². The van der Waals surface area contributed by atoms with Gasteiger partial charge in [0.25, 0.3) is 5.91 Å². The fourth-order valence-electron chi connectivity index (χ4n) is 4.30. The molecular weight excluding hydrogens is 474 g/mol. The summed E-state index contributed by atoms with van der Waals surface area (Å²) in [6.07, 6.45) is 3.19. The summed E-state index contributed by atoms with van der Waals surface area (Å²) in [5.74, 6) is 0.490. The first kappa shape index (κ1) is 23.8. The molecule has 9 nitrogen and oxygen atoms in total. The second kappa shape index (κ2) is 10.8. The minimum Gasteiger partial charge on any atom is -0.390 e. The molecule has 182 valence electrons. The van der Waals surface area contributed by atoms with Crippen LogP contribution in [0.25, 0.3) is 10.2 Å². The molecule has 0 saturated carbocycles. The zero-order chi connectivity index (χ0) is 24.9. The van der Waals surface area contributed by atoms with Gasteiger partial charge in [-0.15, -0.1) is 11.3 Å². The van der Waals surface area contributed by atoms with Crippen LogP contribution in [0.2, 0.25) is 0 Å². The number of thiophene rings is 1. The third kappa shape index (κ3) is 5.49. The molecule has 0 aliphatic carbocycles. The number of anilines is 2. The van der Waals surface area contributed by atoms with Crippen molar-refractivity contribution in [2.24, 2.45) is 0 Å². The lowest BCUT2D eigenvalue weighted by molar-refractivity contribution is 0.0912. The zero-order valence-corrected chi connectivity index (χ0v) is 20.3. The number of hydrogen-bond acceptors (Lipinski definition) is 9. The summed E-state index contributed by atoms with van der Waals surface area (Å²) >= 11 is 1.34. The summed E-state index contributed by atoms with van der Waals surface area (Å²) in [6, 6.07) is 16.9. The number of carbonyl (C=O) groups is 1. The van der Waals surface area contributed by atoms with Gasteiger partial charge in [0.05, 0.1) is 39.9 Å². The van der Waals surface area contributed by atoms with Crippen molar-refractivity contribution in [1.82, 2.24) is 25.2 Å². The molecule has 1 aliphatic heterocycles. The number of hydrogen-bond donors (Lipinski definition) is 3. The molecule has 3 aromatic heterocycles. The Morgan fingerprint density at radius 1 is 1.14 bits per heavy atom. The molecule has 1 saturated heterocycles. The van der Waals surface area contributed by atoms with Crippen LogP contribution in [0.4, 0.5) is 11.5 Å². The van der Waals surface area contributed by atoms with E-state index in [1.54, 1.807) is 18.2 Å². The molecule has 0 atom stereocenters. The van der Waals surface area contributed by atoms with Crippen molar-refractivity contribution in [2.75, 3.05) is 18.4 Å². The van der Waals surface area contributed by atoms with E-state index in [-0.39, 0.29) is 18.6 Å². The number of pyridine rings is 1. The van der Waals surface area contributed by atoms with Crippen LogP contribution in [0, 0.1) is 11.3 Å². The number of amides is 1. The van der Waals surface area contributed by atoms with E-state index in [1.807, 2.05) is 30.3 Å². The first-order chi connectivity index (χ1) is 17.6. The van der Waals surface area contributed by atoms with Crippen LogP contribution in [-0.4, -0.2) is 50.0 Å². The molecule has 1 aliphatic rings. The molecule has 4 heterocycles. The van der Waals surface area contributed by atoms with Gasteiger partial charge in [-0.1, -0.05) is 12.1 Å². The van der Waals surface area contributed by atoms with Gasteiger partial charge in [-0.05, 0) is 49.2 Å². The third-order valence-corrected chi connectivity index (χ3v) is 7.18. The van der Waals surface area contributed by atoms with Crippen molar-refractivity contribution < 1.29 is 9.90 Å². The Labute approximate surface area is 212 Å². The van der Waals surface area contributed by atoms with Crippen LogP contribution >= 0.6 is 11.3 Å². The molecule has 1 amide bonds. The molecule has 4 aromatic rings. The number of nitrogens with one attached hydrogen (secondary N) is 2. The minimum atomic E-state index is -0.105. The summed E-state index contributed by atoms with van der Waals surface area (Å²) < 4.78 is 0. The van der Waals surface area contributed by atoms with Gasteiger partial charge in [0.2, 0.25) is 0 Å². The van der Waals surface area contributed by atoms with E-state index < -0.39 is 0 Å². The summed E-state index contributed by atoms with van der Waals surface area (Å²) in [5.41, 5.74) is 2.92. The van der Waals surface area contributed by atoms with Crippen LogP contribution < -0.4 is 10.6 Å². The monoisotopic (exact) mass is 499 g/mol. The lowest BCUT2D eigenvalue weighted by Crippen LogP contribution is -2.44. The van der Waals surface area contributed by atoms with Crippen LogP contribution in [0.1, 0.15) is 39.5 Å². The Morgan fingerprint density at radius 3 is 2.75 bits per heavy atom. The van der Waals surface area contributed by atoms with E-state index in [2.05, 4.69) is 36.6 Å². The molecule has 1 aromatic carbocycles. The largest absolute Gasteiger partial charge is 0.390 e. The maximum absolute atomic E-state index is 13.0. The Kier molecular flexibility index (Phi) is 7.13. The molecule has 0 spiro atoms. The maximum Gasteiger partial charge on any atom is 0.261 e. The van der Waals surface area contributed by atoms with Crippen molar-refractivity contribution in [3.8, 4) is 6.07 Å². The smallest absolute Gasteiger partial charge is 0.261 e. The molecule has 10 heteroatoms. The number of carbonyl (C=O) groups excluding carboxylic acids is 1. The average molecular weight is 500 g/mol. The highest BCUT2D eigenvalue weighted by Crippen LogP contribution is 2.30. The molecule has 0 radical (unpaired) electrons. The third-order valence-electron chi connectivity index (χ3n) is 6.14. The predicted octanol–water partition coefficient (Wildman–Crippen LogP) is 3.59. The lowest BCUT2D eigenvalue weighted by Gasteiger charge is -2.32. The lowest BCUT2D eigenvalue weighted by atomic mass is 10.0. The summed E-state index contributed by atoms with van der Waals surface area (Å²) in [7, 11) is 0. The molecule has 0 bridgehead atoms. The fourth-order valence-corrected chi connectivity index (χ4v) is 5.20. The second-order valence-electron chi connectivity index (χ2n) is 8.67. The van der Waals surface area contributed by atoms with Crippen molar-refractivity contribution in [1.29, 1.82) is 5.26 Å². The highest BCUT2D eigenvalue weighted by atomic mass is 32.1. The molecule has 5 rings (SSSR count). The Morgan fingerprint density at radius 2 is 1.94 bits per heavy atom. The number of nitrogens with zero attached hydrogens (tertiary/aromatic N) is 5. The number of aromatic nitrogens is 3. The quantitative estimate of drug-likeness (QED) is 0.352. The number of rotatable bonds is 7. The summed E-state index contributed by atoms with van der Waals surface area (Å²) in [6.45, 7) is 2.40. The topological polar surface area (TPSA) is 127 Å². The van der Waals surface area contributed by atoms with Gasteiger partial charge in [-0.25, -0.2) is 9.97 Å². The van der Waals surface area contributed by atoms with Crippen molar-refractivity contribution in [3.05, 3.63) is 76.7 Å². The molecule has 36 heavy (non-hydrogen) atoms. The zero-order valence-electron chi connectivity index (χ0n) is 19.5. The van der Waals surface area contributed by atoms with Gasteiger partial charge in [0.1, 0.15) is 17.0 Å². The van der Waals surface area contributed by atoms with Crippen LogP contribution in [0.3, 0.4) is 0 Å². The van der Waals surface area contributed by atoms with Crippen LogP contribution in [0.15, 0.2) is 54.9 Å². The first-order valence-electron chi connectivity index (χ1n) is 11.7. The molecule has 3 N–H and O–H groups in total. The average Bonchev–Trinajstić information content (AvgIpc) is 3.36. The van der Waals surface area contributed by atoms with Gasteiger partial charge in [-0.2, -0.15) is 5.26 Å². The first-order valence-corrected chi connectivity index (χ1v) is 12.5. The summed E-state index contributed by atoms with van der Waals surface area (Å²) in [4.78, 5) is 29.8. The van der Waals surface area contributed by atoms with E-state index in [0.29, 0.717) is 22.0 Å². The van der Waals surface area contributed by atoms with E-state index >= 15 is 0 Å². The van der Waals surface area contributed by atoms with Gasteiger partial charge < -0.3 is 15.7 Å². The van der Waals surface area contributed by atoms with Crippen LogP contribution in [-0.2, 0) is 13.2 Å². The summed E-state index contributed by atoms with van der Waals surface area (Å²) in [5, 5.41) is 25.6.